The largest absolute Gasteiger partial charge is 0.481 e. The van der Waals surface area contributed by atoms with Crippen LogP contribution in [0.5, 0.6) is 5.75 Å². The first kappa shape index (κ1) is 17.6. The van der Waals surface area contributed by atoms with Crippen molar-refractivity contribution < 1.29 is 9.53 Å². The van der Waals surface area contributed by atoms with E-state index in [1.54, 1.807) is 13.0 Å². The van der Waals surface area contributed by atoms with Crippen LogP contribution in [0.25, 0.3) is 0 Å². The lowest BCUT2D eigenvalue weighted by atomic mass is 10.1. The number of carbonyl (C=O) groups is 1. The number of ether oxygens (including phenoxy) is 1. The van der Waals surface area contributed by atoms with E-state index in [1.807, 2.05) is 36.1 Å². The molecule has 1 aliphatic rings. The van der Waals surface area contributed by atoms with Gasteiger partial charge in [-0.15, -0.1) is 0 Å². The molecule has 0 spiro atoms. The highest BCUT2D eigenvalue weighted by Gasteiger charge is 2.26. The summed E-state index contributed by atoms with van der Waals surface area (Å²) in [5.74, 6) is 0.692. The standard InChI is InChI=1S/C20H23ClN2O2/c1-14-12-17(21)8-9-19(14)25-15(2)20(24)23-11-10-22(3)18-7-5-4-6-16(18)13-23/h4-9,12,15H,10-11,13H2,1-3H3. The minimum atomic E-state index is -0.546. The zero-order valence-corrected chi connectivity index (χ0v) is 15.6. The van der Waals surface area contributed by atoms with Crippen molar-refractivity contribution in [3.05, 3.63) is 58.6 Å². The van der Waals surface area contributed by atoms with Gasteiger partial charge in [0.15, 0.2) is 6.10 Å². The fourth-order valence-electron chi connectivity index (χ4n) is 3.12. The lowest BCUT2D eigenvalue weighted by Gasteiger charge is -2.25. The molecule has 4 nitrogen and oxygen atoms in total. The van der Waals surface area contributed by atoms with Crippen LogP contribution in [0.2, 0.25) is 5.02 Å². The lowest BCUT2D eigenvalue weighted by Crippen LogP contribution is -2.42. The molecule has 1 unspecified atom stereocenters. The number of nitrogens with zero attached hydrogens (tertiary/aromatic N) is 2. The summed E-state index contributed by atoms with van der Waals surface area (Å²) in [7, 11) is 2.06. The van der Waals surface area contributed by atoms with E-state index in [-0.39, 0.29) is 5.91 Å². The second-order valence-electron chi connectivity index (χ2n) is 6.48. The van der Waals surface area contributed by atoms with Crippen LogP contribution < -0.4 is 9.64 Å². The third kappa shape index (κ3) is 3.90. The number of amides is 1. The molecule has 1 heterocycles. The normalized spacial score (nSPS) is 15.4. The number of likely N-dealkylation sites (N-methyl/N-ethyl adjacent to an activating group) is 1. The van der Waals surface area contributed by atoms with Crippen LogP contribution >= 0.6 is 11.6 Å². The van der Waals surface area contributed by atoms with Crippen molar-refractivity contribution in [2.75, 3.05) is 25.0 Å². The van der Waals surface area contributed by atoms with Crippen molar-refractivity contribution in [2.45, 2.75) is 26.5 Å². The van der Waals surface area contributed by atoms with Crippen molar-refractivity contribution in [2.24, 2.45) is 0 Å². The number of para-hydroxylation sites is 1. The van der Waals surface area contributed by atoms with Gasteiger partial charge in [-0.1, -0.05) is 29.8 Å². The highest BCUT2D eigenvalue weighted by atomic mass is 35.5. The van der Waals surface area contributed by atoms with E-state index in [0.717, 1.165) is 17.7 Å². The number of anilines is 1. The molecule has 0 aromatic heterocycles. The second kappa shape index (κ2) is 7.36. The average Bonchev–Trinajstić information content (AvgIpc) is 2.76. The third-order valence-corrected chi connectivity index (χ3v) is 4.80. The molecule has 3 rings (SSSR count). The van der Waals surface area contributed by atoms with E-state index in [2.05, 4.69) is 24.1 Å². The highest BCUT2D eigenvalue weighted by Crippen LogP contribution is 2.26. The molecule has 0 radical (unpaired) electrons. The van der Waals surface area contributed by atoms with Crippen LogP contribution in [0.1, 0.15) is 18.1 Å². The predicted octanol–water partition coefficient (Wildman–Crippen LogP) is 3.89. The van der Waals surface area contributed by atoms with Gasteiger partial charge in [0.1, 0.15) is 5.75 Å². The smallest absolute Gasteiger partial charge is 0.263 e. The van der Waals surface area contributed by atoms with E-state index in [9.17, 15) is 4.79 Å². The number of hydrogen-bond donors (Lipinski definition) is 0. The van der Waals surface area contributed by atoms with Crippen molar-refractivity contribution >= 4 is 23.2 Å². The van der Waals surface area contributed by atoms with Crippen LogP contribution in [0, 0.1) is 6.92 Å². The number of carbonyl (C=O) groups excluding carboxylic acids is 1. The summed E-state index contributed by atoms with van der Waals surface area (Å²) in [6, 6.07) is 13.6. The average molecular weight is 359 g/mol. The van der Waals surface area contributed by atoms with Gasteiger partial charge in [0.2, 0.25) is 0 Å². The minimum Gasteiger partial charge on any atom is -0.481 e. The Balaban J connectivity index is 1.74. The molecule has 0 saturated carbocycles. The number of fused-ring (bicyclic) bond motifs is 1. The molecule has 1 atom stereocenters. The quantitative estimate of drug-likeness (QED) is 0.834. The molecule has 2 aromatic carbocycles. The van der Waals surface area contributed by atoms with E-state index >= 15 is 0 Å². The SMILES string of the molecule is Cc1cc(Cl)ccc1OC(C)C(=O)N1CCN(C)c2ccccc2C1. The minimum absolute atomic E-state index is 0.000506. The van der Waals surface area contributed by atoms with Crippen LogP contribution in [0.4, 0.5) is 5.69 Å². The van der Waals surface area contributed by atoms with Gasteiger partial charge in [0.25, 0.3) is 5.91 Å². The number of hydrogen-bond acceptors (Lipinski definition) is 3. The molecule has 0 aliphatic carbocycles. The molecule has 0 bridgehead atoms. The maximum Gasteiger partial charge on any atom is 0.263 e. The molecule has 0 saturated heterocycles. The van der Waals surface area contributed by atoms with Gasteiger partial charge in [-0.2, -0.15) is 0 Å². The Labute approximate surface area is 154 Å². The molecular formula is C20H23ClN2O2. The summed E-state index contributed by atoms with van der Waals surface area (Å²) >= 11 is 5.98. The van der Waals surface area contributed by atoms with Crippen LogP contribution in [-0.2, 0) is 11.3 Å². The maximum atomic E-state index is 12.9. The van der Waals surface area contributed by atoms with E-state index in [0.29, 0.717) is 23.9 Å². The molecule has 0 N–H and O–H groups in total. The zero-order valence-electron chi connectivity index (χ0n) is 14.8. The van der Waals surface area contributed by atoms with Gasteiger partial charge in [0.05, 0.1) is 0 Å². The maximum absolute atomic E-state index is 12.9. The summed E-state index contributed by atoms with van der Waals surface area (Å²) in [4.78, 5) is 17.0. The van der Waals surface area contributed by atoms with Crippen LogP contribution in [0.3, 0.4) is 0 Å². The monoisotopic (exact) mass is 358 g/mol. The summed E-state index contributed by atoms with van der Waals surface area (Å²) in [6.45, 7) is 5.81. The van der Waals surface area contributed by atoms with E-state index in [4.69, 9.17) is 16.3 Å². The fourth-order valence-corrected chi connectivity index (χ4v) is 3.35. The number of benzene rings is 2. The third-order valence-electron chi connectivity index (χ3n) is 4.57. The first-order chi connectivity index (χ1) is 12.0. The van der Waals surface area contributed by atoms with E-state index < -0.39 is 6.10 Å². The van der Waals surface area contributed by atoms with Gasteiger partial charge in [0, 0.05) is 37.4 Å². The Bertz CT molecular complexity index is 778. The Morgan fingerprint density at radius 3 is 2.72 bits per heavy atom. The molecule has 1 amide bonds. The molecule has 5 heteroatoms. The summed E-state index contributed by atoms with van der Waals surface area (Å²) in [5, 5.41) is 0.663. The van der Waals surface area contributed by atoms with Gasteiger partial charge >= 0.3 is 0 Å². The van der Waals surface area contributed by atoms with Crippen molar-refractivity contribution in [1.82, 2.24) is 4.90 Å². The van der Waals surface area contributed by atoms with Crippen molar-refractivity contribution in [3.8, 4) is 5.75 Å². The fraction of sp³-hybridized carbons (Fsp3) is 0.350. The van der Waals surface area contributed by atoms with Gasteiger partial charge in [-0.05, 0) is 49.2 Å². The number of rotatable bonds is 3. The zero-order chi connectivity index (χ0) is 18.0. The lowest BCUT2D eigenvalue weighted by molar-refractivity contribution is -0.138. The topological polar surface area (TPSA) is 32.8 Å². The van der Waals surface area contributed by atoms with Gasteiger partial charge in [-0.25, -0.2) is 0 Å². The molecule has 132 valence electrons. The Hall–Kier alpha value is -2.20. The van der Waals surface area contributed by atoms with E-state index in [1.165, 1.54) is 5.69 Å². The molecule has 0 fully saturated rings. The number of aryl methyl sites for hydroxylation is 1. The van der Waals surface area contributed by atoms with Gasteiger partial charge < -0.3 is 14.5 Å². The predicted molar refractivity (Wildman–Crippen MR) is 101 cm³/mol. The first-order valence-corrected chi connectivity index (χ1v) is 8.84. The summed E-state index contributed by atoms with van der Waals surface area (Å²) < 4.78 is 5.91. The first-order valence-electron chi connectivity index (χ1n) is 8.46. The van der Waals surface area contributed by atoms with Gasteiger partial charge in [-0.3, -0.25) is 4.79 Å². The second-order valence-corrected chi connectivity index (χ2v) is 6.92. The Morgan fingerprint density at radius 2 is 1.96 bits per heavy atom. The summed E-state index contributed by atoms with van der Waals surface area (Å²) in [6.07, 6.45) is -0.546. The molecule has 2 aromatic rings. The van der Waals surface area contributed by atoms with Crippen LogP contribution in [-0.4, -0.2) is 37.0 Å². The molecule has 25 heavy (non-hydrogen) atoms. The number of halogens is 1. The Morgan fingerprint density at radius 1 is 1.20 bits per heavy atom. The molecular weight excluding hydrogens is 336 g/mol. The van der Waals surface area contributed by atoms with Crippen LogP contribution in [0.15, 0.2) is 42.5 Å². The summed E-state index contributed by atoms with van der Waals surface area (Å²) in [5.41, 5.74) is 3.26. The van der Waals surface area contributed by atoms with Crippen molar-refractivity contribution in [1.29, 1.82) is 0 Å². The Kier molecular flexibility index (Phi) is 5.19. The van der Waals surface area contributed by atoms with Crippen molar-refractivity contribution in [3.63, 3.8) is 0 Å². The highest BCUT2D eigenvalue weighted by molar-refractivity contribution is 6.30. The molecule has 1 aliphatic heterocycles.